The van der Waals surface area contributed by atoms with Gasteiger partial charge in [-0.1, -0.05) is 6.92 Å². The molecule has 0 radical (unpaired) electrons. The lowest BCUT2D eigenvalue weighted by molar-refractivity contribution is -0.687. The topological polar surface area (TPSA) is 27.3 Å². The first-order valence-electron chi connectivity index (χ1n) is 6.52. The van der Waals surface area contributed by atoms with Gasteiger partial charge in [0, 0.05) is 11.6 Å². The average molecular weight is 341 g/mol. The smallest absolute Gasteiger partial charge is 0.244 e. The number of halogens is 1. The van der Waals surface area contributed by atoms with Crippen LogP contribution in [0.25, 0.3) is 0 Å². The standard InChI is InChI=1S/C15H21N2O2.BrH/c1-4-5-16-6-7-17(12-16)11-13-8-14(18-2)10-15(9-13)19-3;/h6-10,12H,4-5,11H2,1-3H3;1H/q+1;/p-1. The van der Waals surface area contributed by atoms with Gasteiger partial charge >= 0.3 is 0 Å². The van der Waals surface area contributed by atoms with Gasteiger partial charge < -0.3 is 26.5 Å². The molecule has 0 aliphatic carbocycles. The zero-order chi connectivity index (χ0) is 13.7. The molecule has 0 aliphatic heterocycles. The van der Waals surface area contributed by atoms with Crippen molar-refractivity contribution in [3.8, 4) is 11.5 Å². The van der Waals surface area contributed by atoms with Gasteiger partial charge in [0.2, 0.25) is 6.33 Å². The van der Waals surface area contributed by atoms with Crippen LogP contribution in [0.2, 0.25) is 0 Å². The fraction of sp³-hybridized carbons (Fsp3) is 0.400. The molecule has 0 atom stereocenters. The fourth-order valence-corrected chi connectivity index (χ4v) is 2.09. The maximum Gasteiger partial charge on any atom is 0.244 e. The number of rotatable bonds is 6. The number of nitrogens with zero attached hydrogens (tertiary/aromatic N) is 2. The quantitative estimate of drug-likeness (QED) is 0.647. The van der Waals surface area contributed by atoms with E-state index in [-0.39, 0.29) is 17.0 Å². The Morgan fingerprint density at radius 2 is 1.75 bits per heavy atom. The summed E-state index contributed by atoms with van der Waals surface area (Å²) in [5.74, 6) is 1.64. The van der Waals surface area contributed by atoms with Crippen LogP contribution in [0.15, 0.2) is 36.9 Å². The van der Waals surface area contributed by atoms with E-state index in [1.165, 1.54) is 0 Å². The molecular weight excluding hydrogens is 320 g/mol. The van der Waals surface area contributed by atoms with Crippen molar-refractivity contribution < 1.29 is 31.0 Å². The Kier molecular flexibility index (Phi) is 6.58. The minimum Gasteiger partial charge on any atom is -1.00 e. The van der Waals surface area contributed by atoms with Gasteiger partial charge in [-0.05, 0) is 18.6 Å². The fourth-order valence-electron chi connectivity index (χ4n) is 2.09. The lowest BCUT2D eigenvalue weighted by Gasteiger charge is -2.07. The largest absolute Gasteiger partial charge is 1.00 e. The Labute approximate surface area is 130 Å². The van der Waals surface area contributed by atoms with E-state index in [2.05, 4.69) is 34.8 Å². The summed E-state index contributed by atoms with van der Waals surface area (Å²) in [6.45, 7) is 4.04. The van der Waals surface area contributed by atoms with Crippen molar-refractivity contribution in [3.05, 3.63) is 42.5 Å². The second kappa shape index (κ2) is 7.94. The summed E-state index contributed by atoms with van der Waals surface area (Å²) in [5.41, 5.74) is 1.16. The summed E-state index contributed by atoms with van der Waals surface area (Å²) in [5, 5.41) is 0. The van der Waals surface area contributed by atoms with E-state index in [0.717, 1.165) is 36.6 Å². The number of ether oxygens (including phenoxy) is 2. The first-order valence-corrected chi connectivity index (χ1v) is 6.52. The van der Waals surface area contributed by atoms with Crippen molar-refractivity contribution in [2.24, 2.45) is 0 Å². The molecule has 1 aromatic carbocycles. The molecule has 2 rings (SSSR count). The van der Waals surface area contributed by atoms with E-state index >= 15 is 0 Å². The van der Waals surface area contributed by atoms with Crippen molar-refractivity contribution in [1.82, 2.24) is 4.57 Å². The van der Waals surface area contributed by atoms with Crippen LogP contribution in [-0.2, 0) is 13.1 Å². The molecule has 20 heavy (non-hydrogen) atoms. The third-order valence-corrected chi connectivity index (χ3v) is 3.00. The summed E-state index contributed by atoms with van der Waals surface area (Å²) in [4.78, 5) is 0. The molecule has 5 heteroatoms. The third-order valence-electron chi connectivity index (χ3n) is 3.00. The Balaban J connectivity index is 0.00000200. The molecule has 2 aromatic rings. The van der Waals surface area contributed by atoms with E-state index in [9.17, 15) is 0 Å². The highest BCUT2D eigenvalue weighted by molar-refractivity contribution is 5.38. The van der Waals surface area contributed by atoms with Gasteiger partial charge in [-0.2, -0.15) is 0 Å². The zero-order valence-electron chi connectivity index (χ0n) is 12.2. The SMILES string of the molecule is CCCn1cc[n+](Cc2cc(OC)cc(OC)c2)c1.[Br-]. The molecule has 0 amide bonds. The van der Waals surface area contributed by atoms with E-state index in [4.69, 9.17) is 9.47 Å². The summed E-state index contributed by atoms with van der Waals surface area (Å²) in [6.07, 6.45) is 7.44. The third kappa shape index (κ3) is 4.27. The number of aryl methyl sites for hydroxylation is 1. The molecule has 0 saturated heterocycles. The maximum absolute atomic E-state index is 5.28. The van der Waals surface area contributed by atoms with Gasteiger partial charge in [0.25, 0.3) is 0 Å². The number of aromatic nitrogens is 2. The molecule has 0 unspecified atom stereocenters. The second-order valence-corrected chi connectivity index (χ2v) is 4.54. The van der Waals surface area contributed by atoms with E-state index < -0.39 is 0 Å². The molecular formula is C15H21BrN2O2. The van der Waals surface area contributed by atoms with Crippen LogP contribution in [-0.4, -0.2) is 18.8 Å². The summed E-state index contributed by atoms with van der Waals surface area (Å²) < 4.78 is 14.9. The molecule has 1 aromatic heterocycles. The second-order valence-electron chi connectivity index (χ2n) is 4.54. The van der Waals surface area contributed by atoms with Crippen molar-refractivity contribution in [2.75, 3.05) is 14.2 Å². The Morgan fingerprint density at radius 3 is 2.30 bits per heavy atom. The van der Waals surface area contributed by atoms with Crippen LogP contribution in [0, 0.1) is 0 Å². The van der Waals surface area contributed by atoms with Gasteiger partial charge in [0.05, 0.1) is 20.8 Å². The average Bonchev–Trinajstić information content (AvgIpc) is 2.86. The Bertz CT molecular complexity index is 518. The van der Waals surface area contributed by atoms with Crippen LogP contribution < -0.4 is 31.0 Å². The van der Waals surface area contributed by atoms with Gasteiger partial charge in [-0.3, -0.25) is 0 Å². The number of benzene rings is 1. The van der Waals surface area contributed by atoms with Crippen LogP contribution in [0.4, 0.5) is 0 Å². The molecule has 0 bridgehead atoms. The normalized spacial score (nSPS) is 9.95. The lowest BCUT2D eigenvalue weighted by atomic mass is 10.2. The summed E-state index contributed by atoms with van der Waals surface area (Å²) in [7, 11) is 3.34. The van der Waals surface area contributed by atoms with E-state index in [0.29, 0.717) is 0 Å². The predicted molar refractivity (Wildman–Crippen MR) is 73.6 cm³/mol. The van der Waals surface area contributed by atoms with Crippen LogP contribution in [0.5, 0.6) is 11.5 Å². The predicted octanol–water partition coefficient (Wildman–Crippen LogP) is -0.745. The van der Waals surface area contributed by atoms with Gasteiger partial charge in [-0.25, -0.2) is 9.13 Å². The van der Waals surface area contributed by atoms with Gasteiger partial charge in [0.15, 0.2) is 0 Å². The highest BCUT2D eigenvalue weighted by atomic mass is 79.9. The molecule has 4 nitrogen and oxygen atoms in total. The molecule has 110 valence electrons. The molecule has 0 N–H and O–H groups in total. The maximum atomic E-state index is 5.28. The van der Waals surface area contributed by atoms with Gasteiger partial charge in [-0.15, -0.1) is 0 Å². The molecule has 0 spiro atoms. The molecule has 0 aliphatic rings. The minimum atomic E-state index is 0. The molecule has 0 saturated carbocycles. The Hall–Kier alpha value is -1.49. The number of imidazole rings is 1. The van der Waals surface area contributed by atoms with Crippen molar-refractivity contribution >= 4 is 0 Å². The van der Waals surface area contributed by atoms with E-state index in [1.807, 2.05) is 18.2 Å². The number of hydrogen-bond donors (Lipinski definition) is 0. The minimum absolute atomic E-state index is 0. The number of hydrogen-bond acceptors (Lipinski definition) is 2. The van der Waals surface area contributed by atoms with Crippen LogP contribution in [0.3, 0.4) is 0 Å². The Morgan fingerprint density at radius 1 is 1.10 bits per heavy atom. The summed E-state index contributed by atoms with van der Waals surface area (Å²) >= 11 is 0. The number of methoxy groups -OCH3 is 2. The molecule has 0 fully saturated rings. The highest BCUT2D eigenvalue weighted by Gasteiger charge is 2.07. The van der Waals surface area contributed by atoms with Crippen LogP contribution >= 0.6 is 0 Å². The zero-order valence-corrected chi connectivity index (χ0v) is 13.8. The first-order chi connectivity index (χ1) is 9.25. The van der Waals surface area contributed by atoms with Crippen molar-refractivity contribution in [1.29, 1.82) is 0 Å². The van der Waals surface area contributed by atoms with Crippen molar-refractivity contribution in [3.63, 3.8) is 0 Å². The van der Waals surface area contributed by atoms with E-state index in [1.54, 1.807) is 14.2 Å². The van der Waals surface area contributed by atoms with Crippen molar-refractivity contribution in [2.45, 2.75) is 26.4 Å². The summed E-state index contributed by atoms with van der Waals surface area (Å²) in [6, 6.07) is 5.95. The first kappa shape index (κ1) is 16.6. The van der Waals surface area contributed by atoms with Crippen LogP contribution in [0.1, 0.15) is 18.9 Å². The monoisotopic (exact) mass is 340 g/mol. The lowest BCUT2D eigenvalue weighted by Crippen LogP contribution is -3.00. The van der Waals surface area contributed by atoms with Gasteiger partial charge in [0.1, 0.15) is 30.4 Å². The highest BCUT2D eigenvalue weighted by Crippen LogP contribution is 2.22. The molecule has 1 heterocycles.